The third-order valence-electron chi connectivity index (χ3n) is 4.08. The predicted octanol–water partition coefficient (Wildman–Crippen LogP) is 2.75. The van der Waals surface area contributed by atoms with Gasteiger partial charge in [0.25, 0.3) is 5.91 Å². The van der Waals surface area contributed by atoms with E-state index in [1.54, 1.807) is 17.2 Å². The lowest BCUT2D eigenvalue weighted by atomic mass is 10.0. The van der Waals surface area contributed by atoms with E-state index < -0.39 is 11.9 Å². The van der Waals surface area contributed by atoms with Crippen LogP contribution < -0.4 is 0 Å². The van der Waals surface area contributed by atoms with E-state index in [2.05, 4.69) is 4.98 Å². The Bertz CT molecular complexity index is 698. The van der Waals surface area contributed by atoms with Crippen LogP contribution in [0.2, 0.25) is 0 Å². The summed E-state index contributed by atoms with van der Waals surface area (Å²) in [7, 11) is 0. The molecule has 2 heterocycles. The molecule has 0 aliphatic carbocycles. The van der Waals surface area contributed by atoms with Crippen LogP contribution in [0.4, 0.5) is 0 Å². The van der Waals surface area contributed by atoms with Gasteiger partial charge in [0.2, 0.25) is 0 Å². The number of carbonyl (C=O) groups excluding carboxylic acids is 1. The van der Waals surface area contributed by atoms with E-state index in [-0.39, 0.29) is 11.9 Å². The zero-order chi connectivity index (χ0) is 15.7. The lowest BCUT2D eigenvalue weighted by Gasteiger charge is -2.22. The Hall–Kier alpha value is -2.21. The summed E-state index contributed by atoms with van der Waals surface area (Å²) < 4.78 is 0. The minimum absolute atomic E-state index is 0.185. The Balaban J connectivity index is 1.79. The molecule has 1 aliphatic heterocycles. The summed E-state index contributed by atoms with van der Waals surface area (Å²) in [5.41, 5.74) is 1.37. The van der Waals surface area contributed by atoms with Crippen LogP contribution in [0.3, 0.4) is 0 Å². The maximum absolute atomic E-state index is 12.5. The molecule has 2 unspecified atom stereocenters. The first-order chi connectivity index (χ1) is 10.6. The molecule has 6 heteroatoms. The van der Waals surface area contributed by atoms with Crippen LogP contribution in [0.1, 0.15) is 23.8 Å². The fraction of sp³-hybridized carbons (Fsp3) is 0.312. The molecule has 1 aromatic carbocycles. The molecule has 1 amide bonds. The highest BCUT2D eigenvalue weighted by molar-refractivity contribution is 7.13. The first-order valence-electron chi connectivity index (χ1n) is 7.12. The standard InChI is InChI=1S/C16H16N2O3S/c1-10-12(16(20)21)7-8-18(10)15(19)13-9-22-14(17-13)11-5-3-2-4-6-11/h2-6,9-10,12H,7-8H2,1H3,(H,20,21). The average Bonchev–Trinajstić information content (AvgIpc) is 3.14. The molecule has 1 N–H and O–H groups in total. The average molecular weight is 316 g/mol. The Morgan fingerprint density at radius 3 is 2.68 bits per heavy atom. The van der Waals surface area contributed by atoms with E-state index in [1.807, 2.05) is 30.3 Å². The van der Waals surface area contributed by atoms with Crippen molar-refractivity contribution in [3.8, 4) is 10.6 Å². The number of benzene rings is 1. The monoisotopic (exact) mass is 316 g/mol. The van der Waals surface area contributed by atoms with Gasteiger partial charge in [-0.2, -0.15) is 0 Å². The third kappa shape index (κ3) is 2.62. The van der Waals surface area contributed by atoms with Crippen molar-refractivity contribution in [3.63, 3.8) is 0 Å². The number of aromatic nitrogens is 1. The van der Waals surface area contributed by atoms with Crippen molar-refractivity contribution < 1.29 is 14.7 Å². The number of carboxylic acids is 1. The number of likely N-dealkylation sites (tertiary alicyclic amines) is 1. The van der Waals surface area contributed by atoms with Crippen LogP contribution >= 0.6 is 11.3 Å². The normalized spacial score (nSPS) is 21.0. The van der Waals surface area contributed by atoms with Crippen LogP contribution in [-0.4, -0.2) is 39.5 Å². The maximum atomic E-state index is 12.5. The van der Waals surface area contributed by atoms with E-state index >= 15 is 0 Å². The molecule has 5 nitrogen and oxygen atoms in total. The van der Waals surface area contributed by atoms with Gasteiger partial charge in [0, 0.05) is 23.5 Å². The zero-order valence-corrected chi connectivity index (χ0v) is 12.9. The van der Waals surface area contributed by atoms with Gasteiger partial charge in [0.15, 0.2) is 0 Å². The summed E-state index contributed by atoms with van der Waals surface area (Å²) in [6, 6.07) is 9.39. The highest BCUT2D eigenvalue weighted by atomic mass is 32.1. The Labute approximate surface area is 132 Å². The second-order valence-electron chi connectivity index (χ2n) is 5.38. The molecule has 22 heavy (non-hydrogen) atoms. The fourth-order valence-corrected chi connectivity index (χ4v) is 3.59. The molecule has 1 saturated heterocycles. The summed E-state index contributed by atoms with van der Waals surface area (Å²) in [5.74, 6) is -1.52. The number of amides is 1. The molecule has 0 spiro atoms. The molecule has 2 atom stereocenters. The van der Waals surface area contributed by atoms with Gasteiger partial charge in [0.05, 0.1) is 5.92 Å². The molecule has 0 saturated carbocycles. The Kier molecular flexibility index (Phi) is 3.94. The minimum Gasteiger partial charge on any atom is -0.481 e. The summed E-state index contributed by atoms with van der Waals surface area (Å²) in [6.45, 7) is 2.25. The zero-order valence-electron chi connectivity index (χ0n) is 12.1. The van der Waals surface area contributed by atoms with Gasteiger partial charge >= 0.3 is 5.97 Å². The molecule has 1 fully saturated rings. The predicted molar refractivity (Wildman–Crippen MR) is 83.8 cm³/mol. The number of rotatable bonds is 3. The van der Waals surface area contributed by atoms with E-state index in [0.717, 1.165) is 10.6 Å². The van der Waals surface area contributed by atoms with Gasteiger partial charge in [-0.15, -0.1) is 11.3 Å². The van der Waals surface area contributed by atoms with Crippen LogP contribution in [0.25, 0.3) is 10.6 Å². The molecule has 114 valence electrons. The number of carboxylic acid groups (broad SMARTS) is 1. The molecular weight excluding hydrogens is 300 g/mol. The molecular formula is C16H16N2O3S. The fourth-order valence-electron chi connectivity index (χ4n) is 2.79. The molecule has 1 aromatic heterocycles. The van der Waals surface area contributed by atoms with Gasteiger partial charge in [-0.25, -0.2) is 4.98 Å². The van der Waals surface area contributed by atoms with Crippen molar-refractivity contribution >= 4 is 23.2 Å². The minimum atomic E-state index is -0.842. The number of thiazole rings is 1. The second kappa shape index (κ2) is 5.88. The van der Waals surface area contributed by atoms with Crippen molar-refractivity contribution in [3.05, 3.63) is 41.4 Å². The van der Waals surface area contributed by atoms with Gasteiger partial charge in [-0.3, -0.25) is 9.59 Å². The highest BCUT2D eigenvalue weighted by Crippen LogP contribution is 2.28. The SMILES string of the molecule is CC1C(C(=O)O)CCN1C(=O)c1csc(-c2ccccc2)n1. The summed E-state index contributed by atoms with van der Waals surface area (Å²) in [4.78, 5) is 29.7. The van der Waals surface area contributed by atoms with Crippen molar-refractivity contribution in [2.24, 2.45) is 5.92 Å². The van der Waals surface area contributed by atoms with Crippen molar-refractivity contribution in [2.45, 2.75) is 19.4 Å². The number of carbonyl (C=O) groups is 2. The Morgan fingerprint density at radius 2 is 2.05 bits per heavy atom. The lowest BCUT2D eigenvalue weighted by Crippen LogP contribution is -2.37. The second-order valence-corrected chi connectivity index (χ2v) is 6.23. The van der Waals surface area contributed by atoms with Crippen LogP contribution in [0, 0.1) is 5.92 Å². The van der Waals surface area contributed by atoms with Gasteiger partial charge < -0.3 is 10.0 Å². The van der Waals surface area contributed by atoms with E-state index in [4.69, 9.17) is 5.11 Å². The van der Waals surface area contributed by atoms with Crippen LogP contribution in [0.15, 0.2) is 35.7 Å². The number of nitrogens with zero attached hydrogens (tertiary/aromatic N) is 2. The van der Waals surface area contributed by atoms with E-state index in [1.165, 1.54) is 11.3 Å². The first-order valence-corrected chi connectivity index (χ1v) is 8.00. The highest BCUT2D eigenvalue weighted by Gasteiger charge is 2.38. The van der Waals surface area contributed by atoms with Gasteiger partial charge in [0.1, 0.15) is 10.7 Å². The number of aliphatic carboxylic acids is 1. The maximum Gasteiger partial charge on any atom is 0.308 e. The Morgan fingerprint density at radius 1 is 1.32 bits per heavy atom. The van der Waals surface area contributed by atoms with Crippen LogP contribution in [-0.2, 0) is 4.79 Å². The van der Waals surface area contributed by atoms with Gasteiger partial charge in [-0.1, -0.05) is 30.3 Å². The molecule has 2 aromatic rings. The molecule has 3 rings (SSSR count). The molecule has 0 radical (unpaired) electrons. The summed E-state index contributed by atoms with van der Waals surface area (Å²) in [6.07, 6.45) is 0.498. The lowest BCUT2D eigenvalue weighted by molar-refractivity contribution is -0.142. The molecule has 1 aliphatic rings. The van der Waals surface area contributed by atoms with E-state index in [9.17, 15) is 9.59 Å². The first kappa shape index (κ1) is 14.7. The number of hydrogen-bond acceptors (Lipinski definition) is 4. The van der Waals surface area contributed by atoms with Crippen molar-refractivity contribution in [1.82, 2.24) is 9.88 Å². The van der Waals surface area contributed by atoms with Crippen molar-refractivity contribution in [1.29, 1.82) is 0 Å². The number of hydrogen-bond donors (Lipinski definition) is 1. The van der Waals surface area contributed by atoms with Crippen molar-refractivity contribution in [2.75, 3.05) is 6.54 Å². The summed E-state index contributed by atoms with van der Waals surface area (Å²) in [5, 5.41) is 11.7. The third-order valence-corrected chi connectivity index (χ3v) is 4.97. The van der Waals surface area contributed by atoms with E-state index in [0.29, 0.717) is 18.7 Å². The summed E-state index contributed by atoms with van der Waals surface area (Å²) >= 11 is 1.42. The largest absolute Gasteiger partial charge is 0.481 e. The topological polar surface area (TPSA) is 70.5 Å². The van der Waals surface area contributed by atoms with Crippen LogP contribution in [0.5, 0.6) is 0 Å². The molecule has 0 bridgehead atoms. The quantitative estimate of drug-likeness (QED) is 0.945. The van der Waals surface area contributed by atoms with Gasteiger partial charge in [-0.05, 0) is 13.3 Å². The smallest absolute Gasteiger partial charge is 0.308 e.